The molecule has 0 saturated carbocycles. The second-order valence-electron chi connectivity index (χ2n) is 8.10. The summed E-state index contributed by atoms with van der Waals surface area (Å²) in [6.07, 6.45) is 0. The van der Waals surface area contributed by atoms with Gasteiger partial charge in [0.15, 0.2) is 11.5 Å². The molecule has 2 saturated heterocycles. The van der Waals surface area contributed by atoms with E-state index < -0.39 is 0 Å². The van der Waals surface area contributed by atoms with Crippen molar-refractivity contribution in [2.24, 2.45) is 5.92 Å². The van der Waals surface area contributed by atoms with Crippen molar-refractivity contribution in [2.75, 3.05) is 56.7 Å². The SMILES string of the molecule is Cc1cc(N2C[C@@H]3COC[C@H](C2)N(Cc2ccc4c(c2)OCCO4)C3)nc(N)n1. The fourth-order valence-corrected chi connectivity index (χ4v) is 4.47. The van der Waals surface area contributed by atoms with Crippen molar-refractivity contribution in [3.63, 3.8) is 0 Å². The van der Waals surface area contributed by atoms with Crippen molar-refractivity contribution in [1.82, 2.24) is 14.9 Å². The van der Waals surface area contributed by atoms with Gasteiger partial charge in [0.1, 0.15) is 19.0 Å². The first-order chi connectivity index (χ1) is 14.1. The summed E-state index contributed by atoms with van der Waals surface area (Å²) in [6, 6.07) is 8.56. The zero-order valence-corrected chi connectivity index (χ0v) is 16.7. The molecule has 0 aliphatic carbocycles. The van der Waals surface area contributed by atoms with Crippen molar-refractivity contribution in [3.05, 3.63) is 35.5 Å². The van der Waals surface area contributed by atoms with E-state index in [9.17, 15) is 0 Å². The number of rotatable bonds is 3. The molecule has 3 aliphatic heterocycles. The lowest BCUT2D eigenvalue weighted by Crippen LogP contribution is -2.44. The molecule has 8 nitrogen and oxygen atoms in total. The minimum Gasteiger partial charge on any atom is -0.486 e. The summed E-state index contributed by atoms with van der Waals surface area (Å²) in [7, 11) is 0. The fourth-order valence-electron chi connectivity index (χ4n) is 4.47. The largest absolute Gasteiger partial charge is 0.486 e. The summed E-state index contributed by atoms with van der Waals surface area (Å²) in [6.45, 7) is 8.28. The van der Waals surface area contributed by atoms with Crippen LogP contribution in [0.5, 0.6) is 11.5 Å². The molecule has 2 N–H and O–H groups in total. The van der Waals surface area contributed by atoms with E-state index in [1.165, 1.54) is 5.56 Å². The molecule has 1 aromatic heterocycles. The molecule has 2 atom stereocenters. The van der Waals surface area contributed by atoms with Crippen LogP contribution in [0.4, 0.5) is 11.8 Å². The number of hydrogen-bond donors (Lipinski definition) is 1. The average Bonchev–Trinajstić information content (AvgIpc) is 2.97. The maximum atomic E-state index is 5.98. The van der Waals surface area contributed by atoms with Gasteiger partial charge in [-0.3, -0.25) is 4.90 Å². The van der Waals surface area contributed by atoms with Gasteiger partial charge in [-0.25, -0.2) is 4.98 Å². The Hall–Kier alpha value is -2.58. The zero-order valence-electron chi connectivity index (χ0n) is 16.7. The molecule has 154 valence electrons. The van der Waals surface area contributed by atoms with Gasteiger partial charge in [0.2, 0.25) is 5.95 Å². The number of nitrogens with two attached hydrogens (primary N) is 1. The average molecular weight is 397 g/mol. The Morgan fingerprint density at radius 2 is 1.90 bits per heavy atom. The van der Waals surface area contributed by atoms with Gasteiger partial charge in [0.05, 0.1) is 19.3 Å². The van der Waals surface area contributed by atoms with Crippen molar-refractivity contribution in [2.45, 2.75) is 19.5 Å². The minimum atomic E-state index is 0.284. The number of hydrogen-bond acceptors (Lipinski definition) is 8. The molecule has 29 heavy (non-hydrogen) atoms. The molecule has 1 aromatic carbocycles. The van der Waals surface area contributed by atoms with E-state index in [0.29, 0.717) is 25.1 Å². The predicted octanol–water partition coefficient (Wildman–Crippen LogP) is 1.48. The number of ether oxygens (including phenoxy) is 3. The lowest BCUT2D eigenvalue weighted by Gasteiger charge is -2.32. The molecule has 2 bridgehead atoms. The molecule has 0 spiro atoms. The Bertz CT molecular complexity index is 872. The fraction of sp³-hybridized carbons (Fsp3) is 0.524. The van der Waals surface area contributed by atoms with E-state index in [1.807, 2.05) is 19.1 Å². The van der Waals surface area contributed by atoms with Gasteiger partial charge in [-0.2, -0.15) is 4.98 Å². The summed E-state index contributed by atoms with van der Waals surface area (Å²) in [5, 5.41) is 0. The number of anilines is 2. The van der Waals surface area contributed by atoms with E-state index in [1.54, 1.807) is 0 Å². The van der Waals surface area contributed by atoms with E-state index in [-0.39, 0.29) is 6.04 Å². The number of aromatic nitrogens is 2. The Morgan fingerprint density at radius 1 is 1.03 bits per heavy atom. The second kappa shape index (κ2) is 7.68. The Morgan fingerprint density at radius 3 is 2.76 bits per heavy atom. The molecule has 4 heterocycles. The predicted molar refractivity (Wildman–Crippen MR) is 109 cm³/mol. The van der Waals surface area contributed by atoms with Crippen LogP contribution in [0.15, 0.2) is 24.3 Å². The van der Waals surface area contributed by atoms with E-state index in [4.69, 9.17) is 19.9 Å². The number of nitrogens with zero attached hydrogens (tertiary/aromatic N) is 4. The van der Waals surface area contributed by atoms with Crippen molar-refractivity contribution in [3.8, 4) is 11.5 Å². The number of nitrogen functional groups attached to an aromatic ring is 1. The van der Waals surface area contributed by atoms with Gasteiger partial charge in [0.25, 0.3) is 0 Å². The molecule has 0 radical (unpaired) electrons. The van der Waals surface area contributed by atoms with Crippen LogP contribution in [-0.4, -0.2) is 67.0 Å². The Kier molecular flexibility index (Phi) is 4.89. The highest BCUT2D eigenvalue weighted by Gasteiger charge is 2.34. The van der Waals surface area contributed by atoms with Crippen LogP contribution < -0.4 is 20.1 Å². The molecular formula is C21H27N5O3. The van der Waals surface area contributed by atoms with Gasteiger partial charge >= 0.3 is 0 Å². The van der Waals surface area contributed by atoms with Gasteiger partial charge in [0, 0.05) is 43.9 Å². The zero-order chi connectivity index (χ0) is 19.8. The standard InChI is InChI=1S/C21H27N5O3/c1-14-6-20(24-21(22)23-14)26-10-16-9-25(17(11-26)13-27-12-16)8-15-2-3-18-19(7-15)29-5-4-28-18/h2-3,6-7,16-17H,4-5,8-13H2,1H3,(H2,22,23,24)/t16-,17+/m1/s1. The van der Waals surface area contributed by atoms with Gasteiger partial charge in [-0.05, 0) is 24.6 Å². The highest BCUT2D eigenvalue weighted by Crippen LogP contribution is 2.32. The number of aryl methyl sites for hydroxylation is 1. The van der Waals surface area contributed by atoms with Gasteiger partial charge in [-0.1, -0.05) is 6.07 Å². The van der Waals surface area contributed by atoms with Crippen molar-refractivity contribution in [1.29, 1.82) is 0 Å². The quantitative estimate of drug-likeness (QED) is 0.834. The smallest absolute Gasteiger partial charge is 0.222 e. The molecule has 2 fully saturated rings. The third-order valence-corrected chi connectivity index (χ3v) is 5.76. The van der Waals surface area contributed by atoms with Crippen molar-refractivity contribution >= 4 is 11.8 Å². The maximum Gasteiger partial charge on any atom is 0.222 e. The molecule has 5 rings (SSSR count). The van der Waals surface area contributed by atoms with E-state index >= 15 is 0 Å². The lowest BCUT2D eigenvalue weighted by atomic mass is 10.1. The lowest BCUT2D eigenvalue weighted by molar-refractivity contribution is 0.0871. The molecule has 3 aliphatic rings. The first-order valence-corrected chi connectivity index (χ1v) is 10.2. The third kappa shape index (κ3) is 3.95. The maximum absolute atomic E-state index is 5.98. The van der Waals surface area contributed by atoms with Crippen LogP contribution in [0.2, 0.25) is 0 Å². The van der Waals surface area contributed by atoms with E-state index in [0.717, 1.165) is 62.4 Å². The van der Waals surface area contributed by atoms with Gasteiger partial charge in [-0.15, -0.1) is 0 Å². The van der Waals surface area contributed by atoms with Crippen molar-refractivity contribution < 1.29 is 14.2 Å². The van der Waals surface area contributed by atoms with Crippen LogP contribution in [0.1, 0.15) is 11.3 Å². The highest BCUT2D eigenvalue weighted by atomic mass is 16.6. The van der Waals surface area contributed by atoms with Gasteiger partial charge < -0.3 is 24.8 Å². The molecule has 8 heteroatoms. The molecule has 0 unspecified atom stereocenters. The number of fused-ring (bicyclic) bond motifs is 4. The van der Waals surface area contributed by atoms with Crippen LogP contribution in [0.3, 0.4) is 0 Å². The second-order valence-corrected chi connectivity index (χ2v) is 8.10. The monoisotopic (exact) mass is 397 g/mol. The Balaban J connectivity index is 1.37. The summed E-state index contributed by atoms with van der Waals surface area (Å²) in [4.78, 5) is 13.6. The van der Waals surface area contributed by atoms with E-state index in [2.05, 4.69) is 31.9 Å². The summed E-state index contributed by atoms with van der Waals surface area (Å²) in [5.41, 5.74) is 8.03. The minimum absolute atomic E-state index is 0.284. The Labute approximate surface area is 170 Å². The normalized spacial score (nSPS) is 24.2. The summed E-state index contributed by atoms with van der Waals surface area (Å²) >= 11 is 0. The molecule has 0 amide bonds. The summed E-state index contributed by atoms with van der Waals surface area (Å²) < 4.78 is 17.4. The molecule has 2 aromatic rings. The molecular weight excluding hydrogens is 370 g/mol. The number of benzene rings is 1. The topological polar surface area (TPSA) is 86.0 Å². The highest BCUT2D eigenvalue weighted by molar-refractivity contribution is 5.45. The van der Waals surface area contributed by atoms with Crippen LogP contribution in [-0.2, 0) is 11.3 Å². The van der Waals surface area contributed by atoms with Crippen LogP contribution >= 0.6 is 0 Å². The third-order valence-electron chi connectivity index (χ3n) is 5.76. The summed E-state index contributed by atoms with van der Waals surface area (Å²) in [5.74, 6) is 3.33. The van der Waals surface area contributed by atoms with Crippen LogP contribution in [0, 0.1) is 12.8 Å². The first kappa shape index (κ1) is 18.4. The first-order valence-electron chi connectivity index (χ1n) is 10.2. The van der Waals surface area contributed by atoms with Crippen LogP contribution in [0.25, 0.3) is 0 Å².